The van der Waals surface area contributed by atoms with E-state index >= 15 is 0 Å². The van der Waals surface area contributed by atoms with Crippen molar-refractivity contribution in [1.29, 1.82) is 0 Å². The summed E-state index contributed by atoms with van der Waals surface area (Å²) in [4.78, 5) is 56.6. The number of carbonyl (C=O) groups is 3. The van der Waals surface area contributed by atoms with Crippen LogP contribution >= 0.6 is 0 Å². The maximum Gasteiger partial charge on any atom is 0.329 e. The van der Waals surface area contributed by atoms with Gasteiger partial charge in [-0.3, -0.25) is 9.59 Å². The van der Waals surface area contributed by atoms with E-state index in [-0.39, 0.29) is 18.7 Å². The summed E-state index contributed by atoms with van der Waals surface area (Å²) in [7, 11) is 1.79. The van der Waals surface area contributed by atoms with Crippen LogP contribution in [0.25, 0.3) is 11.2 Å². The molecule has 1 amide bonds. The number of fused-ring (bicyclic) bond motifs is 1. The fourth-order valence-corrected chi connectivity index (χ4v) is 3.50. The molecule has 3 N–H and O–H groups in total. The van der Waals surface area contributed by atoms with E-state index in [1.165, 1.54) is 6.33 Å². The number of ether oxygens (including phenoxy) is 2. The lowest BCUT2D eigenvalue weighted by Gasteiger charge is -2.25. The number of nitrogens with two attached hydrogens (primary N) is 1. The van der Waals surface area contributed by atoms with E-state index in [1.807, 2.05) is 0 Å². The summed E-state index contributed by atoms with van der Waals surface area (Å²) >= 11 is 0. The molecule has 0 unspecified atom stereocenters. The van der Waals surface area contributed by atoms with Crippen LogP contribution in [0, 0.1) is 0 Å². The number of carbonyl (C=O) groups excluding carboxylic acids is 3. The quantitative estimate of drug-likeness (QED) is 0.405. The smallest absolute Gasteiger partial charge is 0.329 e. The Bertz CT molecular complexity index is 1350. The molecule has 208 valence electrons. The zero-order valence-electron chi connectivity index (χ0n) is 23.3. The van der Waals surface area contributed by atoms with Crippen LogP contribution in [0.3, 0.4) is 0 Å². The number of nitrogens with zero attached hydrogens (tertiary/aromatic N) is 5. The van der Waals surface area contributed by atoms with Crippen LogP contribution in [0.2, 0.25) is 0 Å². The fraction of sp³-hybridized carbons (Fsp3) is 0.444. The van der Waals surface area contributed by atoms with E-state index in [9.17, 15) is 14.4 Å². The third kappa shape index (κ3) is 8.32. The average Bonchev–Trinajstić information content (AvgIpc) is 2.84. The zero-order chi connectivity index (χ0) is 29.0. The van der Waals surface area contributed by atoms with Crippen LogP contribution in [0.15, 0.2) is 36.8 Å². The highest BCUT2D eigenvalue weighted by molar-refractivity contribution is 5.97. The van der Waals surface area contributed by atoms with Crippen LogP contribution in [0.5, 0.6) is 0 Å². The standard InChI is InChI=1S/C27H35N7O5/c1-26(2,3)38-20(35)13-12-18(25(37)39-27(4,5)6)32-24(36)16-8-10-17(11-9-16)34(7)19-14-29-23-21(33-19)22(28)30-15-31-23/h8-11,14-15,18H,12-13H2,1-7H3,(H,32,36)(H2,28,29,30,31)/t18-/m1/s1. The number of anilines is 3. The first kappa shape index (κ1) is 29.2. The van der Waals surface area contributed by atoms with Gasteiger partial charge >= 0.3 is 11.9 Å². The number of hydrogen-bond acceptors (Lipinski definition) is 11. The number of nitrogen functional groups attached to an aromatic ring is 1. The van der Waals surface area contributed by atoms with Gasteiger partial charge in [0.15, 0.2) is 22.8 Å². The summed E-state index contributed by atoms with van der Waals surface area (Å²) in [6, 6.07) is 5.66. The first-order chi connectivity index (χ1) is 18.1. The summed E-state index contributed by atoms with van der Waals surface area (Å²) in [5.41, 5.74) is 6.30. The van der Waals surface area contributed by atoms with E-state index < -0.39 is 35.1 Å². The molecule has 0 spiro atoms. The molecule has 39 heavy (non-hydrogen) atoms. The lowest BCUT2D eigenvalue weighted by atomic mass is 10.1. The van der Waals surface area contributed by atoms with Crippen molar-refractivity contribution in [2.45, 2.75) is 71.6 Å². The molecule has 1 aromatic carbocycles. The summed E-state index contributed by atoms with van der Waals surface area (Å²) in [5, 5.41) is 2.70. The molecule has 0 saturated carbocycles. The summed E-state index contributed by atoms with van der Waals surface area (Å²) < 4.78 is 10.8. The molecule has 0 aliphatic rings. The van der Waals surface area contributed by atoms with Crippen LogP contribution in [-0.4, -0.2) is 62.1 Å². The number of benzene rings is 1. The molecular formula is C27H35N7O5. The lowest BCUT2D eigenvalue weighted by Crippen LogP contribution is -2.44. The Balaban J connectivity index is 1.73. The van der Waals surface area contributed by atoms with E-state index in [0.29, 0.717) is 22.5 Å². The van der Waals surface area contributed by atoms with E-state index in [2.05, 4.69) is 25.3 Å². The van der Waals surface area contributed by atoms with Crippen LogP contribution in [0.1, 0.15) is 64.7 Å². The Morgan fingerprint density at radius 2 is 1.62 bits per heavy atom. The van der Waals surface area contributed by atoms with E-state index in [1.54, 1.807) is 84.0 Å². The third-order valence-corrected chi connectivity index (χ3v) is 5.27. The maximum absolute atomic E-state index is 13.0. The van der Waals surface area contributed by atoms with Crippen LogP contribution in [0.4, 0.5) is 17.3 Å². The van der Waals surface area contributed by atoms with Gasteiger partial charge in [-0.05, 0) is 72.2 Å². The van der Waals surface area contributed by atoms with E-state index in [4.69, 9.17) is 15.2 Å². The second-order valence-corrected chi connectivity index (χ2v) is 10.9. The van der Waals surface area contributed by atoms with Crippen LogP contribution in [-0.2, 0) is 19.1 Å². The predicted molar refractivity (Wildman–Crippen MR) is 146 cm³/mol. The van der Waals surface area contributed by atoms with Crippen molar-refractivity contribution in [3.05, 3.63) is 42.4 Å². The molecule has 0 aliphatic heterocycles. The lowest BCUT2D eigenvalue weighted by molar-refractivity contribution is -0.158. The second kappa shape index (κ2) is 11.6. The third-order valence-electron chi connectivity index (χ3n) is 5.27. The molecule has 3 rings (SSSR count). The number of aromatic nitrogens is 4. The maximum atomic E-state index is 13.0. The fourth-order valence-electron chi connectivity index (χ4n) is 3.50. The number of amides is 1. The predicted octanol–water partition coefficient (Wildman–Crippen LogP) is 3.33. The van der Waals surface area contributed by atoms with E-state index in [0.717, 1.165) is 5.69 Å². The molecule has 2 aromatic heterocycles. The average molecular weight is 538 g/mol. The minimum absolute atomic E-state index is 0.0316. The second-order valence-electron chi connectivity index (χ2n) is 10.9. The largest absolute Gasteiger partial charge is 0.460 e. The monoisotopic (exact) mass is 537 g/mol. The molecule has 12 heteroatoms. The van der Waals surface area contributed by atoms with Crippen molar-refractivity contribution in [3.63, 3.8) is 0 Å². The molecule has 0 fully saturated rings. The van der Waals surface area contributed by atoms with Gasteiger partial charge in [-0.2, -0.15) is 0 Å². The summed E-state index contributed by atoms with van der Waals surface area (Å²) in [6.07, 6.45) is 2.85. The summed E-state index contributed by atoms with van der Waals surface area (Å²) in [6.45, 7) is 10.5. The molecule has 1 atom stereocenters. The van der Waals surface area contributed by atoms with Crippen molar-refractivity contribution in [2.75, 3.05) is 17.7 Å². The molecular weight excluding hydrogens is 502 g/mol. The Morgan fingerprint density at radius 3 is 2.23 bits per heavy atom. The van der Waals surface area contributed by atoms with Crippen molar-refractivity contribution in [3.8, 4) is 0 Å². The number of esters is 2. The van der Waals surface area contributed by atoms with Gasteiger partial charge in [-0.1, -0.05) is 0 Å². The van der Waals surface area contributed by atoms with Gasteiger partial charge in [0.1, 0.15) is 23.6 Å². The highest BCUT2D eigenvalue weighted by Gasteiger charge is 2.28. The normalized spacial score (nSPS) is 12.5. The van der Waals surface area contributed by atoms with Gasteiger partial charge in [-0.25, -0.2) is 24.7 Å². The molecule has 12 nitrogen and oxygen atoms in total. The zero-order valence-corrected chi connectivity index (χ0v) is 23.3. The van der Waals surface area contributed by atoms with Gasteiger partial charge < -0.3 is 25.4 Å². The summed E-state index contributed by atoms with van der Waals surface area (Å²) in [5.74, 6) is -0.856. The highest BCUT2D eigenvalue weighted by atomic mass is 16.6. The Hall–Kier alpha value is -4.35. The van der Waals surface area contributed by atoms with Gasteiger partial charge in [0.2, 0.25) is 0 Å². The topological polar surface area (TPSA) is 163 Å². The minimum atomic E-state index is -1.04. The van der Waals surface area contributed by atoms with Gasteiger partial charge in [0.05, 0.1) is 6.20 Å². The first-order valence-electron chi connectivity index (χ1n) is 12.5. The molecule has 0 radical (unpaired) electrons. The molecule has 0 bridgehead atoms. The first-order valence-corrected chi connectivity index (χ1v) is 12.5. The molecule has 2 heterocycles. The van der Waals surface area contributed by atoms with Crippen molar-refractivity contribution in [1.82, 2.24) is 25.3 Å². The van der Waals surface area contributed by atoms with Crippen molar-refractivity contribution in [2.24, 2.45) is 0 Å². The molecule has 0 saturated heterocycles. The Morgan fingerprint density at radius 1 is 0.974 bits per heavy atom. The number of nitrogens with one attached hydrogen (secondary N) is 1. The number of rotatable bonds is 8. The van der Waals surface area contributed by atoms with Gasteiger partial charge in [0, 0.05) is 24.7 Å². The van der Waals surface area contributed by atoms with Gasteiger partial charge in [-0.15, -0.1) is 0 Å². The van der Waals surface area contributed by atoms with Gasteiger partial charge in [0.25, 0.3) is 5.91 Å². The highest BCUT2D eigenvalue weighted by Crippen LogP contribution is 2.24. The molecule has 0 aliphatic carbocycles. The van der Waals surface area contributed by atoms with Crippen molar-refractivity contribution >= 4 is 46.3 Å². The number of hydrogen-bond donors (Lipinski definition) is 2. The Kier molecular flexibility index (Phi) is 8.68. The molecule has 3 aromatic rings. The Labute approximate surface area is 227 Å². The van der Waals surface area contributed by atoms with Crippen molar-refractivity contribution < 1.29 is 23.9 Å². The van der Waals surface area contributed by atoms with Crippen LogP contribution < -0.4 is 16.0 Å². The SMILES string of the molecule is CN(c1ccc(C(=O)N[C@H](CCC(=O)OC(C)(C)C)C(=O)OC(C)(C)C)cc1)c1cnc2ncnc(N)c2n1. The minimum Gasteiger partial charge on any atom is -0.460 e.